The first kappa shape index (κ1) is 14.4. The van der Waals surface area contributed by atoms with Crippen LogP contribution in [0, 0.1) is 0 Å². The molecule has 0 aromatic heterocycles. The number of carbonyl (C=O) groups excluding carboxylic acids is 2. The van der Waals surface area contributed by atoms with Crippen molar-refractivity contribution in [1.29, 1.82) is 0 Å². The zero-order valence-electron chi connectivity index (χ0n) is 10.1. The summed E-state index contributed by atoms with van der Waals surface area (Å²) in [5.74, 6) is -0.647. The SMILES string of the molecule is O=C(C=C1CC(=O)NN1)NN=Cc1ccc(Cl)cc1Cl. The standard InChI is InChI=1S/C12H10Cl2N4O2/c13-8-2-1-7(10(14)3-8)6-15-17-11(19)4-9-5-12(20)18-16-9/h1-4,6,16H,5H2,(H,17,19)(H,18,20). The van der Waals surface area contributed by atoms with Gasteiger partial charge in [0.1, 0.15) is 0 Å². The second-order valence-electron chi connectivity index (χ2n) is 3.92. The van der Waals surface area contributed by atoms with Crippen LogP contribution >= 0.6 is 23.2 Å². The molecule has 1 aliphatic rings. The predicted molar refractivity (Wildman–Crippen MR) is 76.2 cm³/mol. The van der Waals surface area contributed by atoms with Gasteiger partial charge in [0.2, 0.25) is 5.91 Å². The van der Waals surface area contributed by atoms with Gasteiger partial charge >= 0.3 is 0 Å². The number of halogens is 2. The number of nitrogens with one attached hydrogen (secondary N) is 3. The summed E-state index contributed by atoms with van der Waals surface area (Å²) in [6.07, 6.45) is 2.79. The van der Waals surface area contributed by atoms with Crippen molar-refractivity contribution in [3.63, 3.8) is 0 Å². The van der Waals surface area contributed by atoms with Crippen molar-refractivity contribution in [2.75, 3.05) is 0 Å². The van der Waals surface area contributed by atoms with Crippen molar-refractivity contribution >= 4 is 41.2 Å². The van der Waals surface area contributed by atoms with Gasteiger partial charge < -0.3 is 5.43 Å². The maximum Gasteiger partial charge on any atom is 0.265 e. The molecule has 20 heavy (non-hydrogen) atoms. The number of nitrogens with zero attached hydrogens (tertiary/aromatic N) is 1. The number of amides is 2. The number of hydrogen-bond acceptors (Lipinski definition) is 4. The van der Waals surface area contributed by atoms with Crippen LogP contribution < -0.4 is 16.3 Å². The molecule has 8 heteroatoms. The molecule has 0 radical (unpaired) electrons. The van der Waals surface area contributed by atoms with E-state index in [-0.39, 0.29) is 12.3 Å². The van der Waals surface area contributed by atoms with E-state index < -0.39 is 5.91 Å². The number of benzene rings is 1. The summed E-state index contributed by atoms with van der Waals surface area (Å²) < 4.78 is 0. The quantitative estimate of drug-likeness (QED) is 0.447. The molecular formula is C12H10Cl2N4O2. The topological polar surface area (TPSA) is 82.6 Å². The third-order valence-corrected chi connectivity index (χ3v) is 2.92. The second-order valence-corrected chi connectivity index (χ2v) is 4.76. The molecule has 0 spiro atoms. The molecule has 0 aliphatic carbocycles. The molecule has 0 saturated carbocycles. The average molecular weight is 313 g/mol. The Bertz CT molecular complexity index is 613. The molecule has 1 saturated heterocycles. The molecule has 1 aliphatic heterocycles. The largest absolute Gasteiger partial charge is 0.302 e. The zero-order valence-corrected chi connectivity index (χ0v) is 11.6. The number of carbonyl (C=O) groups is 2. The minimum atomic E-state index is -0.453. The Morgan fingerprint density at radius 3 is 2.80 bits per heavy atom. The van der Waals surface area contributed by atoms with E-state index in [1.165, 1.54) is 12.3 Å². The van der Waals surface area contributed by atoms with Crippen molar-refractivity contribution < 1.29 is 9.59 Å². The van der Waals surface area contributed by atoms with Crippen LogP contribution in [-0.4, -0.2) is 18.0 Å². The lowest BCUT2D eigenvalue weighted by molar-refractivity contribution is -0.119. The second kappa shape index (κ2) is 6.40. The third kappa shape index (κ3) is 3.97. The average Bonchev–Trinajstić information content (AvgIpc) is 2.77. The van der Waals surface area contributed by atoms with Crippen molar-refractivity contribution in [2.24, 2.45) is 5.10 Å². The van der Waals surface area contributed by atoms with Gasteiger partial charge in [-0.05, 0) is 12.1 Å². The molecule has 1 heterocycles. The van der Waals surface area contributed by atoms with Gasteiger partial charge in [0, 0.05) is 22.4 Å². The van der Waals surface area contributed by atoms with Gasteiger partial charge in [0.05, 0.1) is 17.7 Å². The van der Waals surface area contributed by atoms with Crippen molar-refractivity contribution in [2.45, 2.75) is 6.42 Å². The van der Waals surface area contributed by atoms with Crippen LogP contribution in [0.1, 0.15) is 12.0 Å². The zero-order chi connectivity index (χ0) is 14.5. The normalized spacial score (nSPS) is 16.3. The van der Waals surface area contributed by atoms with Gasteiger partial charge in [0.15, 0.2) is 0 Å². The van der Waals surface area contributed by atoms with Crippen LogP contribution in [0.15, 0.2) is 35.1 Å². The molecule has 1 fully saturated rings. The van der Waals surface area contributed by atoms with Crippen molar-refractivity contribution in [3.05, 3.63) is 45.6 Å². The lowest BCUT2D eigenvalue weighted by Crippen LogP contribution is -2.25. The maximum absolute atomic E-state index is 11.5. The first-order valence-corrected chi connectivity index (χ1v) is 6.34. The minimum Gasteiger partial charge on any atom is -0.302 e. The van der Waals surface area contributed by atoms with Crippen molar-refractivity contribution in [1.82, 2.24) is 16.3 Å². The summed E-state index contributed by atoms with van der Waals surface area (Å²) in [5, 5.41) is 4.71. The highest BCUT2D eigenvalue weighted by molar-refractivity contribution is 6.36. The van der Waals surface area contributed by atoms with Gasteiger partial charge in [0.25, 0.3) is 5.91 Å². The van der Waals surface area contributed by atoms with Gasteiger partial charge in [-0.15, -0.1) is 0 Å². The highest BCUT2D eigenvalue weighted by Crippen LogP contribution is 2.19. The highest BCUT2D eigenvalue weighted by atomic mass is 35.5. The van der Waals surface area contributed by atoms with Crippen LogP contribution in [0.2, 0.25) is 10.0 Å². The van der Waals surface area contributed by atoms with E-state index in [1.54, 1.807) is 18.2 Å². The molecule has 2 rings (SSSR count). The Labute approximate surface area is 124 Å². The van der Waals surface area contributed by atoms with Crippen molar-refractivity contribution in [3.8, 4) is 0 Å². The highest BCUT2D eigenvalue weighted by Gasteiger charge is 2.14. The number of hydrazine groups is 1. The van der Waals surface area contributed by atoms with Gasteiger partial charge in [-0.1, -0.05) is 29.3 Å². The number of hydrazone groups is 1. The van der Waals surface area contributed by atoms with E-state index in [4.69, 9.17) is 23.2 Å². The molecule has 104 valence electrons. The Kier molecular flexibility index (Phi) is 4.60. The van der Waals surface area contributed by atoms with E-state index in [0.29, 0.717) is 21.3 Å². The van der Waals surface area contributed by atoms with Crippen LogP contribution in [-0.2, 0) is 9.59 Å². The summed E-state index contributed by atoms with van der Waals surface area (Å²) in [7, 11) is 0. The van der Waals surface area contributed by atoms with Crippen LogP contribution in [0.5, 0.6) is 0 Å². The molecule has 0 bridgehead atoms. The molecule has 1 aromatic rings. The lowest BCUT2D eigenvalue weighted by Gasteiger charge is -1.99. The van der Waals surface area contributed by atoms with E-state index >= 15 is 0 Å². The Hall–Kier alpha value is -2.05. The van der Waals surface area contributed by atoms with E-state index in [0.717, 1.165) is 0 Å². The molecule has 0 atom stereocenters. The lowest BCUT2D eigenvalue weighted by atomic mass is 10.2. The molecule has 3 N–H and O–H groups in total. The summed E-state index contributed by atoms with van der Waals surface area (Å²) in [6, 6.07) is 4.92. The fourth-order valence-electron chi connectivity index (χ4n) is 1.46. The smallest absolute Gasteiger partial charge is 0.265 e. The first-order chi connectivity index (χ1) is 9.54. The first-order valence-electron chi connectivity index (χ1n) is 5.58. The fraction of sp³-hybridized carbons (Fsp3) is 0.0833. The van der Waals surface area contributed by atoms with E-state index in [1.807, 2.05) is 0 Å². The summed E-state index contributed by atoms with van der Waals surface area (Å²) in [4.78, 5) is 22.4. The van der Waals surface area contributed by atoms with Gasteiger partial charge in [-0.25, -0.2) is 5.43 Å². The summed E-state index contributed by atoms with van der Waals surface area (Å²) >= 11 is 11.7. The maximum atomic E-state index is 11.5. The van der Waals surface area contributed by atoms with E-state index in [9.17, 15) is 9.59 Å². The number of rotatable bonds is 3. The summed E-state index contributed by atoms with van der Waals surface area (Å²) in [5.41, 5.74) is 8.34. The third-order valence-electron chi connectivity index (χ3n) is 2.36. The number of hydrogen-bond donors (Lipinski definition) is 3. The van der Waals surface area contributed by atoms with Gasteiger partial charge in [-0.2, -0.15) is 5.10 Å². The molecule has 1 aromatic carbocycles. The van der Waals surface area contributed by atoms with Crippen LogP contribution in [0.25, 0.3) is 0 Å². The van der Waals surface area contributed by atoms with Gasteiger partial charge in [-0.3, -0.25) is 15.0 Å². The van der Waals surface area contributed by atoms with E-state index in [2.05, 4.69) is 21.4 Å². The molecular weight excluding hydrogens is 303 g/mol. The predicted octanol–water partition coefficient (Wildman–Crippen LogP) is 1.35. The molecule has 2 amide bonds. The van der Waals surface area contributed by atoms with Crippen LogP contribution in [0.3, 0.4) is 0 Å². The minimum absolute atomic E-state index is 0.139. The molecule has 0 unspecified atom stereocenters. The Morgan fingerprint density at radius 2 is 2.15 bits per heavy atom. The monoisotopic (exact) mass is 312 g/mol. The van der Waals surface area contributed by atoms with Crippen LogP contribution in [0.4, 0.5) is 0 Å². The summed E-state index contributed by atoms with van der Waals surface area (Å²) in [6.45, 7) is 0. The molecule has 6 nitrogen and oxygen atoms in total. The fourth-order valence-corrected chi connectivity index (χ4v) is 1.92. The Morgan fingerprint density at radius 1 is 1.35 bits per heavy atom. The Balaban J connectivity index is 1.93.